The number of likely N-dealkylation sites (N-methyl/N-ethyl adjacent to an activating group) is 1. The van der Waals surface area contributed by atoms with Crippen LogP contribution in [0.4, 0.5) is 0 Å². The Morgan fingerprint density at radius 1 is 1.33 bits per heavy atom. The quantitative estimate of drug-likeness (QED) is 0.884. The van der Waals surface area contributed by atoms with E-state index in [0.29, 0.717) is 6.04 Å². The molecule has 0 saturated heterocycles. The van der Waals surface area contributed by atoms with Crippen LogP contribution in [0, 0.1) is 6.92 Å². The second-order valence-electron chi connectivity index (χ2n) is 5.54. The van der Waals surface area contributed by atoms with Crippen LogP contribution in [-0.4, -0.2) is 21.3 Å². The van der Waals surface area contributed by atoms with Crippen LogP contribution >= 0.6 is 11.6 Å². The Bertz CT molecular complexity index is 592. The SMILES string of the molecule is CCNC(Cc1ncnn1C(C)C)c1ccc(C)c(Cl)c1. The molecule has 0 fully saturated rings. The molecule has 21 heavy (non-hydrogen) atoms. The largest absolute Gasteiger partial charge is 0.310 e. The third-order valence-corrected chi connectivity index (χ3v) is 3.98. The molecule has 5 heteroatoms. The Balaban J connectivity index is 2.26. The Morgan fingerprint density at radius 3 is 2.71 bits per heavy atom. The molecular weight excluding hydrogens is 284 g/mol. The van der Waals surface area contributed by atoms with Crippen molar-refractivity contribution in [2.75, 3.05) is 6.54 Å². The van der Waals surface area contributed by atoms with Gasteiger partial charge in [-0.3, -0.25) is 0 Å². The zero-order valence-corrected chi connectivity index (χ0v) is 13.9. The number of aryl methyl sites for hydroxylation is 1. The summed E-state index contributed by atoms with van der Waals surface area (Å²) < 4.78 is 1.97. The van der Waals surface area contributed by atoms with Crippen LogP contribution in [0.25, 0.3) is 0 Å². The van der Waals surface area contributed by atoms with Crippen LogP contribution in [0.3, 0.4) is 0 Å². The molecule has 0 bridgehead atoms. The summed E-state index contributed by atoms with van der Waals surface area (Å²) in [5.41, 5.74) is 2.28. The van der Waals surface area contributed by atoms with Gasteiger partial charge in [0.25, 0.3) is 0 Å². The topological polar surface area (TPSA) is 42.7 Å². The Morgan fingerprint density at radius 2 is 2.10 bits per heavy atom. The van der Waals surface area contributed by atoms with Gasteiger partial charge in [0.1, 0.15) is 12.2 Å². The Kier molecular flexibility index (Phi) is 5.37. The van der Waals surface area contributed by atoms with Crippen LogP contribution in [0.1, 0.15) is 49.8 Å². The molecular formula is C16H23ClN4. The van der Waals surface area contributed by atoms with E-state index in [9.17, 15) is 0 Å². The van der Waals surface area contributed by atoms with Gasteiger partial charge in [0.05, 0.1) is 0 Å². The van der Waals surface area contributed by atoms with E-state index < -0.39 is 0 Å². The van der Waals surface area contributed by atoms with E-state index in [1.165, 1.54) is 5.56 Å². The molecule has 0 radical (unpaired) electrons. The van der Waals surface area contributed by atoms with Crippen molar-refractivity contribution in [2.45, 2.75) is 46.2 Å². The van der Waals surface area contributed by atoms with Crippen molar-refractivity contribution < 1.29 is 0 Å². The van der Waals surface area contributed by atoms with Gasteiger partial charge in [0.15, 0.2) is 0 Å². The lowest BCUT2D eigenvalue weighted by atomic mass is 10.0. The lowest BCUT2D eigenvalue weighted by Crippen LogP contribution is -2.25. The summed E-state index contributed by atoms with van der Waals surface area (Å²) in [5.74, 6) is 0.993. The van der Waals surface area contributed by atoms with Crippen LogP contribution < -0.4 is 5.32 Å². The van der Waals surface area contributed by atoms with E-state index in [-0.39, 0.29) is 6.04 Å². The highest BCUT2D eigenvalue weighted by molar-refractivity contribution is 6.31. The van der Waals surface area contributed by atoms with Gasteiger partial charge in [-0.15, -0.1) is 0 Å². The van der Waals surface area contributed by atoms with Crippen molar-refractivity contribution in [3.8, 4) is 0 Å². The molecule has 1 N–H and O–H groups in total. The summed E-state index contributed by atoms with van der Waals surface area (Å²) in [4.78, 5) is 4.40. The maximum Gasteiger partial charge on any atom is 0.138 e. The summed E-state index contributed by atoms with van der Waals surface area (Å²) in [7, 11) is 0. The molecule has 0 aliphatic rings. The first-order valence-corrected chi connectivity index (χ1v) is 7.78. The molecule has 1 aromatic heterocycles. The molecule has 0 spiro atoms. The van der Waals surface area contributed by atoms with E-state index >= 15 is 0 Å². The van der Waals surface area contributed by atoms with Crippen LogP contribution in [0.5, 0.6) is 0 Å². The highest BCUT2D eigenvalue weighted by atomic mass is 35.5. The van der Waals surface area contributed by atoms with Crippen molar-refractivity contribution in [3.63, 3.8) is 0 Å². The zero-order chi connectivity index (χ0) is 15.4. The lowest BCUT2D eigenvalue weighted by Gasteiger charge is -2.20. The molecule has 114 valence electrons. The second kappa shape index (κ2) is 7.05. The summed E-state index contributed by atoms with van der Waals surface area (Å²) >= 11 is 6.26. The minimum Gasteiger partial charge on any atom is -0.310 e. The van der Waals surface area contributed by atoms with E-state index in [2.05, 4.69) is 48.3 Å². The lowest BCUT2D eigenvalue weighted by molar-refractivity contribution is 0.468. The third kappa shape index (κ3) is 3.83. The monoisotopic (exact) mass is 306 g/mol. The first kappa shape index (κ1) is 16.0. The van der Waals surface area contributed by atoms with Gasteiger partial charge in [-0.25, -0.2) is 9.67 Å². The van der Waals surface area contributed by atoms with Crippen molar-refractivity contribution in [1.29, 1.82) is 0 Å². The summed E-state index contributed by atoms with van der Waals surface area (Å²) in [6.07, 6.45) is 2.42. The fourth-order valence-electron chi connectivity index (χ4n) is 2.41. The average Bonchev–Trinajstić information content (AvgIpc) is 2.90. The third-order valence-electron chi connectivity index (χ3n) is 3.57. The molecule has 0 aliphatic heterocycles. The minimum absolute atomic E-state index is 0.190. The molecule has 2 aromatic rings. The zero-order valence-electron chi connectivity index (χ0n) is 13.1. The highest BCUT2D eigenvalue weighted by Crippen LogP contribution is 2.24. The first-order valence-electron chi connectivity index (χ1n) is 7.40. The molecule has 4 nitrogen and oxygen atoms in total. The maximum absolute atomic E-state index is 6.26. The van der Waals surface area contributed by atoms with E-state index in [1.807, 2.05) is 17.7 Å². The van der Waals surface area contributed by atoms with Crippen LogP contribution in [-0.2, 0) is 6.42 Å². The van der Waals surface area contributed by atoms with Gasteiger partial charge in [0.2, 0.25) is 0 Å². The van der Waals surface area contributed by atoms with E-state index in [1.54, 1.807) is 6.33 Å². The molecule has 2 rings (SSSR count). The van der Waals surface area contributed by atoms with Crippen molar-refractivity contribution in [3.05, 3.63) is 46.5 Å². The maximum atomic E-state index is 6.26. The number of benzene rings is 1. The molecule has 1 atom stereocenters. The fourth-order valence-corrected chi connectivity index (χ4v) is 2.60. The van der Waals surface area contributed by atoms with Crippen molar-refractivity contribution >= 4 is 11.6 Å². The first-order chi connectivity index (χ1) is 10.0. The van der Waals surface area contributed by atoms with Crippen LogP contribution in [0.2, 0.25) is 5.02 Å². The molecule has 0 saturated carbocycles. The predicted molar refractivity (Wildman–Crippen MR) is 86.7 cm³/mol. The molecule has 1 heterocycles. The Hall–Kier alpha value is -1.39. The second-order valence-corrected chi connectivity index (χ2v) is 5.94. The smallest absolute Gasteiger partial charge is 0.138 e. The number of aromatic nitrogens is 3. The summed E-state index contributed by atoms with van der Waals surface area (Å²) in [6, 6.07) is 6.74. The van der Waals surface area contributed by atoms with Gasteiger partial charge in [-0.05, 0) is 44.5 Å². The minimum atomic E-state index is 0.190. The van der Waals surface area contributed by atoms with Gasteiger partial charge in [-0.2, -0.15) is 5.10 Å². The fraction of sp³-hybridized carbons (Fsp3) is 0.500. The van der Waals surface area contributed by atoms with E-state index in [4.69, 9.17) is 11.6 Å². The van der Waals surface area contributed by atoms with E-state index in [0.717, 1.165) is 29.4 Å². The number of halogens is 1. The van der Waals surface area contributed by atoms with Crippen molar-refractivity contribution in [1.82, 2.24) is 20.1 Å². The van der Waals surface area contributed by atoms with Crippen molar-refractivity contribution in [2.24, 2.45) is 0 Å². The number of nitrogens with zero attached hydrogens (tertiary/aromatic N) is 3. The number of hydrogen-bond donors (Lipinski definition) is 1. The number of nitrogens with one attached hydrogen (secondary N) is 1. The summed E-state index contributed by atoms with van der Waals surface area (Å²) in [5, 5.41) is 8.62. The average molecular weight is 307 g/mol. The highest BCUT2D eigenvalue weighted by Gasteiger charge is 2.17. The standard InChI is InChI=1S/C16H23ClN4/c1-5-18-15(13-7-6-12(4)14(17)8-13)9-16-19-10-20-21(16)11(2)3/h6-8,10-11,15,18H,5,9H2,1-4H3. The van der Waals surface area contributed by atoms with Gasteiger partial charge in [0, 0.05) is 23.5 Å². The normalized spacial score (nSPS) is 12.9. The molecule has 0 amide bonds. The number of rotatable bonds is 6. The predicted octanol–water partition coefficient (Wildman–Crippen LogP) is 3.71. The van der Waals surface area contributed by atoms with Crippen LogP contribution in [0.15, 0.2) is 24.5 Å². The number of hydrogen-bond acceptors (Lipinski definition) is 3. The van der Waals surface area contributed by atoms with Gasteiger partial charge in [-0.1, -0.05) is 30.7 Å². The van der Waals surface area contributed by atoms with Gasteiger partial charge >= 0.3 is 0 Å². The summed E-state index contributed by atoms with van der Waals surface area (Å²) in [6.45, 7) is 9.25. The molecule has 1 unspecified atom stereocenters. The van der Waals surface area contributed by atoms with Gasteiger partial charge < -0.3 is 5.32 Å². The molecule has 0 aliphatic carbocycles. The molecule has 1 aromatic carbocycles. The Labute approximate surface area is 131 Å².